The lowest BCUT2D eigenvalue weighted by Gasteiger charge is -2.09. The Kier molecular flexibility index (Phi) is 6.44. The SMILES string of the molecule is CCOC(=O)C(C(=O)OCC)=C1Sc2c(O)ccc(OCC)c2S1. The monoisotopic (exact) mass is 370 g/mol. The zero-order valence-electron chi connectivity index (χ0n) is 13.6. The maximum absolute atomic E-state index is 12.2. The Labute approximate surface area is 148 Å². The molecule has 0 saturated carbocycles. The minimum atomic E-state index is -0.740. The normalized spacial score (nSPS) is 12.5. The molecule has 1 aliphatic rings. The van der Waals surface area contributed by atoms with Crippen LogP contribution in [0.25, 0.3) is 0 Å². The lowest BCUT2D eigenvalue weighted by atomic mass is 10.3. The zero-order valence-corrected chi connectivity index (χ0v) is 15.2. The third kappa shape index (κ3) is 3.81. The number of hydrogen-bond donors (Lipinski definition) is 1. The number of phenolic OH excluding ortho intramolecular Hbond substituents is 1. The first-order valence-electron chi connectivity index (χ1n) is 7.46. The molecule has 1 aromatic carbocycles. The summed E-state index contributed by atoms with van der Waals surface area (Å²) in [6, 6.07) is 3.18. The van der Waals surface area contributed by atoms with Gasteiger partial charge in [0.2, 0.25) is 0 Å². The van der Waals surface area contributed by atoms with E-state index in [0.717, 1.165) is 11.8 Å². The molecule has 2 rings (SSSR count). The number of ether oxygens (including phenoxy) is 3. The van der Waals surface area contributed by atoms with Gasteiger partial charge in [-0.05, 0) is 32.9 Å². The van der Waals surface area contributed by atoms with Crippen molar-refractivity contribution in [2.45, 2.75) is 30.6 Å². The molecule has 24 heavy (non-hydrogen) atoms. The van der Waals surface area contributed by atoms with Crippen molar-refractivity contribution in [3.8, 4) is 11.5 Å². The molecule has 0 fully saturated rings. The molecule has 1 heterocycles. The van der Waals surface area contributed by atoms with E-state index in [-0.39, 0.29) is 24.5 Å². The molecule has 1 aromatic rings. The molecule has 0 unspecified atom stereocenters. The first-order valence-corrected chi connectivity index (χ1v) is 9.09. The Hall–Kier alpha value is -1.80. The quantitative estimate of drug-likeness (QED) is 0.353. The van der Waals surface area contributed by atoms with Crippen LogP contribution in [-0.2, 0) is 19.1 Å². The van der Waals surface area contributed by atoms with E-state index in [9.17, 15) is 14.7 Å². The first kappa shape index (κ1) is 18.5. The molecule has 130 valence electrons. The van der Waals surface area contributed by atoms with Gasteiger partial charge in [-0.15, -0.1) is 0 Å². The molecule has 1 aliphatic heterocycles. The fourth-order valence-electron chi connectivity index (χ4n) is 1.96. The summed E-state index contributed by atoms with van der Waals surface area (Å²) >= 11 is 2.32. The van der Waals surface area contributed by atoms with Gasteiger partial charge in [0.05, 0.1) is 33.8 Å². The third-order valence-corrected chi connectivity index (χ3v) is 5.54. The van der Waals surface area contributed by atoms with E-state index in [2.05, 4.69) is 0 Å². The minimum absolute atomic E-state index is 0.0630. The first-order chi connectivity index (χ1) is 11.5. The second kappa shape index (κ2) is 8.34. The van der Waals surface area contributed by atoms with E-state index in [0.29, 0.717) is 26.4 Å². The number of fused-ring (bicyclic) bond motifs is 1. The van der Waals surface area contributed by atoms with Crippen LogP contribution in [0, 0.1) is 0 Å². The minimum Gasteiger partial charge on any atom is -0.507 e. The van der Waals surface area contributed by atoms with E-state index in [4.69, 9.17) is 14.2 Å². The summed E-state index contributed by atoms with van der Waals surface area (Å²) in [6.07, 6.45) is 0. The Morgan fingerprint density at radius 3 is 2.08 bits per heavy atom. The van der Waals surface area contributed by atoms with Crippen molar-refractivity contribution in [2.75, 3.05) is 19.8 Å². The van der Waals surface area contributed by atoms with Gasteiger partial charge in [-0.25, -0.2) is 9.59 Å². The fraction of sp³-hybridized carbons (Fsp3) is 0.375. The lowest BCUT2D eigenvalue weighted by molar-refractivity contribution is -0.146. The Balaban J connectivity index is 2.46. The number of hydrogen-bond acceptors (Lipinski definition) is 8. The van der Waals surface area contributed by atoms with Crippen LogP contribution in [-0.4, -0.2) is 36.9 Å². The number of phenols is 1. The van der Waals surface area contributed by atoms with Gasteiger partial charge < -0.3 is 19.3 Å². The predicted molar refractivity (Wildman–Crippen MR) is 91.3 cm³/mol. The highest BCUT2D eigenvalue weighted by molar-refractivity contribution is 8.25. The number of aromatic hydroxyl groups is 1. The third-order valence-electron chi connectivity index (χ3n) is 2.91. The van der Waals surface area contributed by atoms with Crippen LogP contribution in [0.4, 0.5) is 0 Å². The molecule has 0 radical (unpaired) electrons. The Bertz CT molecular complexity index is 663. The highest BCUT2D eigenvalue weighted by atomic mass is 32.2. The second-order valence-electron chi connectivity index (χ2n) is 4.48. The maximum Gasteiger partial charge on any atom is 0.347 e. The highest BCUT2D eigenvalue weighted by Crippen LogP contribution is 2.58. The molecule has 6 nitrogen and oxygen atoms in total. The van der Waals surface area contributed by atoms with Crippen LogP contribution >= 0.6 is 23.5 Å². The van der Waals surface area contributed by atoms with E-state index >= 15 is 0 Å². The standard InChI is InChI=1S/C16H18O6S2/c1-4-20-10-8-7-9(17)12-13(10)24-16(23-12)11(14(18)21-5-2)15(19)22-6-3/h7-8,17H,4-6H2,1-3H3. The summed E-state index contributed by atoms with van der Waals surface area (Å²) in [5.41, 5.74) is -0.160. The smallest absolute Gasteiger partial charge is 0.347 e. The molecule has 0 atom stereocenters. The zero-order chi connectivity index (χ0) is 17.7. The van der Waals surface area contributed by atoms with Crippen molar-refractivity contribution >= 4 is 35.5 Å². The summed E-state index contributed by atoms with van der Waals surface area (Å²) in [6.45, 7) is 5.93. The van der Waals surface area contributed by atoms with Crippen LogP contribution in [0.15, 0.2) is 31.7 Å². The predicted octanol–water partition coefficient (Wildman–Crippen LogP) is 3.33. The fourth-order valence-corrected chi connectivity index (χ4v) is 4.58. The number of rotatable bonds is 6. The average Bonchev–Trinajstić information content (AvgIpc) is 2.97. The van der Waals surface area contributed by atoms with Crippen molar-refractivity contribution < 1.29 is 28.9 Å². The van der Waals surface area contributed by atoms with E-state index < -0.39 is 11.9 Å². The second-order valence-corrected chi connectivity index (χ2v) is 6.78. The van der Waals surface area contributed by atoms with Gasteiger partial charge in [0, 0.05) is 0 Å². The van der Waals surface area contributed by atoms with Gasteiger partial charge >= 0.3 is 11.9 Å². The molecule has 0 spiro atoms. The summed E-state index contributed by atoms with van der Waals surface area (Å²) in [7, 11) is 0. The topological polar surface area (TPSA) is 82.1 Å². The van der Waals surface area contributed by atoms with E-state index in [1.807, 2.05) is 6.92 Å². The van der Waals surface area contributed by atoms with Crippen molar-refractivity contribution in [1.29, 1.82) is 0 Å². The van der Waals surface area contributed by atoms with Crippen LogP contribution in [0.5, 0.6) is 11.5 Å². The molecular formula is C16H18O6S2. The van der Waals surface area contributed by atoms with Crippen molar-refractivity contribution in [3.63, 3.8) is 0 Å². The van der Waals surface area contributed by atoms with E-state index in [1.54, 1.807) is 19.9 Å². The van der Waals surface area contributed by atoms with Crippen LogP contribution in [0.3, 0.4) is 0 Å². The number of thioether (sulfide) groups is 2. The number of esters is 2. The van der Waals surface area contributed by atoms with E-state index in [1.165, 1.54) is 17.8 Å². The van der Waals surface area contributed by atoms with Crippen LogP contribution in [0.1, 0.15) is 20.8 Å². The van der Waals surface area contributed by atoms with Crippen molar-refractivity contribution in [1.82, 2.24) is 0 Å². The maximum atomic E-state index is 12.2. The molecule has 0 aromatic heterocycles. The highest BCUT2D eigenvalue weighted by Gasteiger charge is 2.34. The summed E-state index contributed by atoms with van der Waals surface area (Å²) in [5.74, 6) is -0.828. The van der Waals surface area contributed by atoms with Crippen LogP contribution < -0.4 is 4.74 Å². The molecular weight excluding hydrogens is 352 g/mol. The van der Waals surface area contributed by atoms with Gasteiger partial charge in [-0.3, -0.25) is 0 Å². The summed E-state index contributed by atoms with van der Waals surface area (Å²) < 4.78 is 15.9. The number of carbonyl (C=O) groups is 2. The van der Waals surface area contributed by atoms with Gasteiger partial charge in [0.1, 0.15) is 11.5 Å². The Morgan fingerprint density at radius 2 is 1.54 bits per heavy atom. The lowest BCUT2D eigenvalue weighted by Crippen LogP contribution is -2.19. The summed E-state index contributed by atoms with van der Waals surface area (Å²) in [4.78, 5) is 25.6. The number of benzene rings is 1. The summed E-state index contributed by atoms with van der Waals surface area (Å²) in [5, 5.41) is 10.1. The van der Waals surface area contributed by atoms with Crippen molar-refractivity contribution in [2.24, 2.45) is 0 Å². The van der Waals surface area contributed by atoms with Gasteiger partial charge in [-0.1, -0.05) is 23.5 Å². The van der Waals surface area contributed by atoms with Crippen LogP contribution in [0.2, 0.25) is 0 Å². The largest absolute Gasteiger partial charge is 0.507 e. The Morgan fingerprint density at radius 1 is 0.958 bits per heavy atom. The van der Waals surface area contributed by atoms with Crippen molar-refractivity contribution in [3.05, 3.63) is 21.9 Å². The van der Waals surface area contributed by atoms with Gasteiger partial charge in [-0.2, -0.15) is 0 Å². The average molecular weight is 370 g/mol. The molecule has 8 heteroatoms. The molecule has 0 aliphatic carbocycles. The molecule has 0 bridgehead atoms. The van der Waals surface area contributed by atoms with Gasteiger partial charge in [0.25, 0.3) is 0 Å². The molecule has 1 N–H and O–H groups in total. The molecule has 0 saturated heterocycles. The van der Waals surface area contributed by atoms with Gasteiger partial charge in [0.15, 0.2) is 5.57 Å². The molecule has 0 amide bonds. The number of carbonyl (C=O) groups excluding carboxylic acids is 2.